The summed E-state index contributed by atoms with van der Waals surface area (Å²) in [6.45, 7) is 2.67. The molecule has 2 aromatic heterocycles. The molecule has 1 saturated heterocycles. The van der Waals surface area contributed by atoms with Crippen LogP contribution in [0.25, 0.3) is 21.2 Å². The number of carbonyl (C=O) groups is 1. The first-order chi connectivity index (χ1) is 16.3. The number of carbonyl (C=O) groups excluding carboxylic acids is 1. The smallest absolute Gasteiger partial charge is 0.265 e. The van der Waals surface area contributed by atoms with Crippen LogP contribution in [-0.4, -0.2) is 48.3 Å². The number of hydrogen-bond acceptors (Lipinski definition) is 7. The highest BCUT2D eigenvalue weighted by Gasteiger charge is 2.27. The van der Waals surface area contributed by atoms with Crippen LogP contribution in [0.15, 0.2) is 53.5 Å². The topological polar surface area (TPSA) is 60.9 Å². The zero-order valence-corrected chi connectivity index (χ0v) is 19.5. The molecule has 4 heterocycles. The predicted octanol–water partition coefficient (Wildman–Crippen LogP) is 5.23. The van der Waals surface area contributed by atoms with Crippen molar-refractivity contribution in [3.8, 4) is 22.6 Å². The maximum atomic E-state index is 13.1. The Bertz CT molecular complexity index is 1300. The lowest BCUT2D eigenvalue weighted by molar-refractivity contribution is 0.0737. The molecule has 0 saturated carbocycles. The standard InChI is InChI=1S/C25H22N2O4S2/c28-25(23-11-26-15-33-23)27-6-8-30-24-17(12-27)9-16(10-21(24)31-18-5-7-29-13-18)20-14-32-22-4-2-1-3-19(20)22/h1-4,9-11,14-15,18H,5-8,12-13H2/t18-/m1/s1. The average Bonchev–Trinajstić information content (AvgIpc) is 3.59. The van der Waals surface area contributed by atoms with Gasteiger partial charge in [-0.2, -0.15) is 0 Å². The number of aromatic nitrogens is 1. The van der Waals surface area contributed by atoms with Gasteiger partial charge in [-0.3, -0.25) is 9.78 Å². The summed E-state index contributed by atoms with van der Waals surface area (Å²) in [7, 11) is 0. The van der Waals surface area contributed by atoms with E-state index in [0.717, 1.165) is 34.6 Å². The largest absolute Gasteiger partial charge is 0.487 e. The van der Waals surface area contributed by atoms with E-state index in [1.807, 2.05) is 4.90 Å². The van der Waals surface area contributed by atoms with Crippen molar-refractivity contribution in [1.82, 2.24) is 9.88 Å². The Balaban J connectivity index is 1.43. The first-order valence-electron chi connectivity index (χ1n) is 10.9. The molecule has 6 nitrogen and oxygen atoms in total. The van der Waals surface area contributed by atoms with Crippen molar-refractivity contribution in [3.05, 3.63) is 63.9 Å². The maximum Gasteiger partial charge on any atom is 0.265 e. The number of rotatable bonds is 4. The number of benzene rings is 2. The second-order valence-electron chi connectivity index (χ2n) is 8.15. The summed E-state index contributed by atoms with van der Waals surface area (Å²) in [5, 5.41) is 3.40. The van der Waals surface area contributed by atoms with Crippen molar-refractivity contribution < 1.29 is 19.0 Å². The minimum atomic E-state index is -0.0213. The number of thiazole rings is 1. The van der Waals surface area contributed by atoms with E-state index in [9.17, 15) is 4.79 Å². The van der Waals surface area contributed by atoms with Crippen LogP contribution >= 0.6 is 22.7 Å². The van der Waals surface area contributed by atoms with Gasteiger partial charge >= 0.3 is 0 Å². The van der Waals surface area contributed by atoms with Crippen molar-refractivity contribution in [3.63, 3.8) is 0 Å². The van der Waals surface area contributed by atoms with Crippen molar-refractivity contribution in [1.29, 1.82) is 0 Å². The van der Waals surface area contributed by atoms with Gasteiger partial charge in [0.05, 0.1) is 31.5 Å². The molecule has 0 spiro atoms. The number of ether oxygens (including phenoxy) is 3. The molecular weight excluding hydrogens is 456 g/mol. The summed E-state index contributed by atoms with van der Waals surface area (Å²) >= 11 is 3.09. The minimum Gasteiger partial charge on any atom is -0.487 e. The minimum absolute atomic E-state index is 0.00495. The van der Waals surface area contributed by atoms with Crippen LogP contribution in [0.5, 0.6) is 11.5 Å². The summed E-state index contributed by atoms with van der Waals surface area (Å²) in [6, 6.07) is 12.6. The molecule has 2 aromatic carbocycles. The summed E-state index contributed by atoms with van der Waals surface area (Å²) in [5.41, 5.74) is 4.86. The van der Waals surface area contributed by atoms with Crippen LogP contribution in [0.4, 0.5) is 0 Å². The fraction of sp³-hybridized carbons (Fsp3) is 0.280. The van der Waals surface area contributed by atoms with Crippen LogP contribution in [0.3, 0.4) is 0 Å². The summed E-state index contributed by atoms with van der Waals surface area (Å²) in [5.74, 6) is 1.43. The van der Waals surface area contributed by atoms with E-state index >= 15 is 0 Å². The van der Waals surface area contributed by atoms with Gasteiger partial charge in [0.25, 0.3) is 5.91 Å². The van der Waals surface area contributed by atoms with E-state index < -0.39 is 0 Å². The van der Waals surface area contributed by atoms with Gasteiger partial charge in [-0.15, -0.1) is 22.7 Å². The SMILES string of the molecule is O=C(c1cncs1)N1CCOc2c(cc(-c3csc4ccccc34)cc2O[C@@H]2CCOC2)C1. The monoisotopic (exact) mass is 478 g/mol. The van der Waals surface area contributed by atoms with Crippen LogP contribution < -0.4 is 9.47 Å². The molecule has 0 radical (unpaired) electrons. The van der Waals surface area contributed by atoms with E-state index in [1.165, 1.54) is 21.4 Å². The average molecular weight is 479 g/mol. The predicted molar refractivity (Wildman–Crippen MR) is 129 cm³/mol. The second-order valence-corrected chi connectivity index (χ2v) is 9.95. The molecule has 0 aliphatic carbocycles. The van der Waals surface area contributed by atoms with Crippen molar-refractivity contribution in [2.24, 2.45) is 0 Å². The van der Waals surface area contributed by atoms with Gasteiger partial charge in [-0.05, 0) is 29.1 Å². The van der Waals surface area contributed by atoms with Gasteiger partial charge in [0, 0.05) is 34.2 Å². The third-order valence-corrected chi connectivity index (χ3v) is 7.73. The van der Waals surface area contributed by atoms with Gasteiger partial charge in [0.15, 0.2) is 11.5 Å². The van der Waals surface area contributed by atoms with Gasteiger partial charge < -0.3 is 19.1 Å². The Morgan fingerprint density at radius 1 is 1.18 bits per heavy atom. The highest BCUT2D eigenvalue weighted by atomic mass is 32.1. The van der Waals surface area contributed by atoms with E-state index in [0.29, 0.717) is 37.8 Å². The molecule has 6 rings (SSSR count). The first-order valence-corrected chi connectivity index (χ1v) is 12.7. The van der Waals surface area contributed by atoms with Gasteiger partial charge in [-0.1, -0.05) is 18.2 Å². The normalized spacial score (nSPS) is 18.1. The second kappa shape index (κ2) is 8.78. The van der Waals surface area contributed by atoms with E-state index in [1.54, 1.807) is 23.0 Å². The lowest BCUT2D eigenvalue weighted by atomic mass is 10.0. The molecule has 0 N–H and O–H groups in total. The third kappa shape index (κ3) is 3.99. The lowest BCUT2D eigenvalue weighted by Gasteiger charge is -2.20. The molecule has 1 fully saturated rings. The molecular formula is C25H22N2O4S2. The Morgan fingerprint density at radius 2 is 2.12 bits per heavy atom. The zero-order chi connectivity index (χ0) is 22.2. The van der Waals surface area contributed by atoms with Crippen molar-refractivity contribution in [2.45, 2.75) is 19.1 Å². The summed E-state index contributed by atoms with van der Waals surface area (Å²) < 4.78 is 19.3. The Hall–Kier alpha value is -2.94. The number of thiophene rings is 1. The molecule has 33 heavy (non-hydrogen) atoms. The van der Waals surface area contributed by atoms with Gasteiger partial charge in [-0.25, -0.2) is 0 Å². The van der Waals surface area contributed by atoms with Crippen LogP contribution in [0.1, 0.15) is 21.7 Å². The van der Waals surface area contributed by atoms with E-state index in [4.69, 9.17) is 14.2 Å². The van der Waals surface area contributed by atoms with E-state index in [-0.39, 0.29) is 12.0 Å². The molecule has 0 bridgehead atoms. The zero-order valence-electron chi connectivity index (χ0n) is 17.9. The number of fused-ring (bicyclic) bond motifs is 2. The number of amides is 1. The Morgan fingerprint density at radius 3 is 2.97 bits per heavy atom. The maximum absolute atomic E-state index is 13.1. The fourth-order valence-corrected chi connectivity index (χ4v) is 5.92. The first kappa shape index (κ1) is 20.7. The third-order valence-electron chi connectivity index (χ3n) is 6.00. The molecule has 2 aliphatic heterocycles. The molecule has 4 aromatic rings. The molecule has 1 atom stereocenters. The molecule has 168 valence electrons. The molecule has 0 unspecified atom stereocenters. The molecule has 2 aliphatic rings. The number of hydrogen-bond donors (Lipinski definition) is 0. The molecule has 8 heteroatoms. The van der Waals surface area contributed by atoms with Crippen LogP contribution in [-0.2, 0) is 11.3 Å². The van der Waals surface area contributed by atoms with Gasteiger partial charge in [0.2, 0.25) is 0 Å². The number of nitrogens with zero attached hydrogens (tertiary/aromatic N) is 2. The summed E-state index contributed by atoms with van der Waals surface area (Å²) in [4.78, 5) is 19.6. The van der Waals surface area contributed by atoms with Crippen molar-refractivity contribution in [2.75, 3.05) is 26.4 Å². The lowest BCUT2D eigenvalue weighted by Crippen LogP contribution is -2.31. The highest BCUT2D eigenvalue weighted by Crippen LogP contribution is 2.42. The van der Waals surface area contributed by atoms with Crippen LogP contribution in [0, 0.1) is 0 Å². The fourth-order valence-electron chi connectivity index (χ4n) is 4.36. The van der Waals surface area contributed by atoms with Gasteiger partial charge in [0.1, 0.15) is 17.6 Å². The van der Waals surface area contributed by atoms with Crippen molar-refractivity contribution >= 4 is 38.7 Å². The highest BCUT2D eigenvalue weighted by molar-refractivity contribution is 7.17. The quantitative estimate of drug-likeness (QED) is 0.402. The van der Waals surface area contributed by atoms with Crippen LogP contribution in [0.2, 0.25) is 0 Å². The van der Waals surface area contributed by atoms with E-state index in [2.05, 4.69) is 46.8 Å². The molecule has 1 amide bonds. The Labute approximate surface area is 199 Å². The Kier molecular flexibility index (Phi) is 5.49. The summed E-state index contributed by atoms with van der Waals surface area (Å²) in [6.07, 6.45) is 2.49.